The van der Waals surface area contributed by atoms with Crippen molar-refractivity contribution < 1.29 is 13.5 Å². The fraction of sp³-hybridized carbons (Fsp3) is 0.438. The summed E-state index contributed by atoms with van der Waals surface area (Å²) < 4.78 is 34.0. The Hall–Kier alpha value is -1.79. The van der Waals surface area contributed by atoms with Gasteiger partial charge in [-0.1, -0.05) is 6.07 Å². The van der Waals surface area contributed by atoms with Gasteiger partial charge in [-0.05, 0) is 31.0 Å². The van der Waals surface area contributed by atoms with Crippen LogP contribution in [0, 0.1) is 11.6 Å². The smallest absolute Gasteiger partial charge is 0.159 e. The van der Waals surface area contributed by atoms with E-state index in [1.165, 1.54) is 6.07 Å². The second-order valence-electron chi connectivity index (χ2n) is 5.45. The predicted octanol–water partition coefficient (Wildman–Crippen LogP) is 2.80. The molecule has 4 nitrogen and oxygen atoms in total. The molecule has 0 bridgehead atoms. The number of halogens is 2. The van der Waals surface area contributed by atoms with Crippen molar-refractivity contribution in [1.82, 2.24) is 15.1 Å². The molecule has 2 atom stereocenters. The van der Waals surface area contributed by atoms with Crippen molar-refractivity contribution in [3.8, 4) is 0 Å². The van der Waals surface area contributed by atoms with E-state index in [-0.39, 0.29) is 12.1 Å². The van der Waals surface area contributed by atoms with Crippen molar-refractivity contribution in [2.24, 2.45) is 0 Å². The van der Waals surface area contributed by atoms with Gasteiger partial charge in [0.2, 0.25) is 0 Å². The number of aromatic nitrogens is 2. The van der Waals surface area contributed by atoms with Gasteiger partial charge in [-0.3, -0.25) is 4.68 Å². The first-order chi connectivity index (χ1) is 10.7. The minimum Gasteiger partial charge on any atom is -0.372 e. The number of aryl methyl sites for hydroxylation is 1. The van der Waals surface area contributed by atoms with Gasteiger partial charge in [0.1, 0.15) is 0 Å². The van der Waals surface area contributed by atoms with E-state index in [1.54, 1.807) is 6.07 Å². The number of nitrogens with zero attached hydrogens (tertiary/aromatic N) is 2. The minimum atomic E-state index is -0.837. The summed E-state index contributed by atoms with van der Waals surface area (Å²) in [6.07, 6.45) is 4.41. The van der Waals surface area contributed by atoms with Crippen LogP contribution in [0.4, 0.5) is 8.78 Å². The summed E-state index contributed by atoms with van der Waals surface area (Å²) >= 11 is 0. The van der Waals surface area contributed by atoms with Gasteiger partial charge < -0.3 is 10.1 Å². The van der Waals surface area contributed by atoms with Crippen molar-refractivity contribution in [3.63, 3.8) is 0 Å². The first-order valence-corrected chi connectivity index (χ1v) is 7.48. The van der Waals surface area contributed by atoms with Crippen molar-refractivity contribution >= 4 is 0 Å². The van der Waals surface area contributed by atoms with E-state index in [9.17, 15) is 8.78 Å². The maximum Gasteiger partial charge on any atom is 0.159 e. The number of hydrogen-bond acceptors (Lipinski definition) is 3. The molecule has 3 rings (SSSR count). The fourth-order valence-electron chi connectivity index (χ4n) is 2.74. The second kappa shape index (κ2) is 6.54. The zero-order valence-electron chi connectivity index (χ0n) is 12.4. The van der Waals surface area contributed by atoms with E-state index >= 15 is 0 Å². The Bertz CT molecular complexity index is 644. The summed E-state index contributed by atoms with van der Waals surface area (Å²) in [5.41, 5.74) is 1.76. The maximum atomic E-state index is 13.4. The third-order valence-corrected chi connectivity index (χ3v) is 3.94. The molecule has 118 valence electrons. The highest BCUT2D eigenvalue weighted by molar-refractivity contribution is 5.22. The Morgan fingerprint density at radius 3 is 2.95 bits per heavy atom. The fourth-order valence-corrected chi connectivity index (χ4v) is 2.74. The monoisotopic (exact) mass is 307 g/mol. The van der Waals surface area contributed by atoms with Gasteiger partial charge >= 0.3 is 0 Å². The molecule has 0 radical (unpaired) electrons. The third-order valence-electron chi connectivity index (χ3n) is 3.94. The average molecular weight is 307 g/mol. The van der Waals surface area contributed by atoms with Gasteiger partial charge in [0.25, 0.3) is 0 Å². The molecule has 1 fully saturated rings. The SMILES string of the molecule is CCn1cc(CN[C@@H]2CCO[C@@H]2c2ccc(F)c(F)c2)cn1. The number of nitrogens with one attached hydrogen (secondary N) is 1. The Balaban J connectivity index is 1.66. The first-order valence-electron chi connectivity index (χ1n) is 7.48. The average Bonchev–Trinajstić information content (AvgIpc) is 3.16. The molecule has 2 heterocycles. The third kappa shape index (κ3) is 3.18. The van der Waals surface area contributed by atoms with Crippen LogP contribution >= 0.6 is 0 Å². The lowest BCUT2D eigenvalue weighted by atomic mass is 10.0. The highest BCUT2D eigenvalue weighted by atomic mass is 19.2. The Morgan fingerprint density at radius 2 is 2.23 bits per heavy atom. The molecule has 1 saturated heterocycles. The molecule has 1 aromatic heterocycles. The minimum absolute atomic E-state index is 0.0786. The van der Waals surface area contributed by atoms with Gasteiger partial charge in [0.05, 0.1) is 12.3 Å². The van der Waals surface area contributed by atoms with Crippen molar-refractivity contribution in [1.29, 1.82) is 0 Å². The number of hydrogen-bond donors (Lipinski definition) is 1. The summed E-state index contributed by atoms with van der Waals surface area (Å²) in [5.74, 6) is -1.67. The summed E-state index contributed by atoms with van der Waals surface area (Å²) in [6, 6.07) is 4.02. The molecule has 0 unspecified atom stereocenters. The molecule has 1 aliphatic rings. The van der Waals surface area contributed by atoms with Gasteiger partial charge in [0.15, 0.2) is 11.6 Å². The molecule has 0 saturated carbocycles. The Morgan fingerprint density at radius 1 is 1.36 bits per heavy atom. The lowest BCUT2D eigenvalue weighted by Crippen LogP contribution is -2.31. The molecular formula is C16H19F2N3O. The van der Waals surface area contributed by atoms with Gasteiger partial charge in [-0.25, -0.2) is 8.78 Å². The lowest BCUT2D eigenvalue weighted by Gasteiger charge is -2.20. The molecule has 6 heteroatoms. The van der Waals surface area contributed by atoms with E-state index in [1.807, 2.05) is 24.0 Å². The normalized spacial score (nSPS) is 21.4. The first kappa shape index (κ1) is 15.1. The maximum absolute atomic E-state index is 13.4. The van der Waals surface area contributed by atoms with Crippen LogP contribution in [0.1, 0.15) is 30.6 Å². The largest absolute Gasteiger partial charge is 0.372 e. The standard InChI is InChI=1S/C16H19F2N3O/c1-2-21-10-11(9-20-21)8-19-15-5-6-22-16(15)12-3-4-13(17)14(18)7-12/h3-4,7,9-10,15-16,19H,2,5-6,8H2,1H3/t15-,16-/m1/s1. The second-order valence-corrected chi connectivity index (χ2v) is 5.45. The molecule has 2 aromatic rings. The van der Waals surface area contributed by atoms with E-state index in [0.717, 1.165) is 24.6 Å². The number of ether oxygens (including phenoxy) is 1. The van der Waals surface area contributed by atoms with Crippen LogP contribution in [-0.2, 0) is 17.8 Å². The molecule has 0 amide bonds. The number of benzene rings is 1. The summed E-state index contributed by atoms with van der Waals surface area (Å²) in [7, 11) is 0. The highest BCUT2D eigenvalue weighted by Crippen LogP contribution is 2.30. The topological polar surface area (TPSA) is 39.1 Å². The lowest BCUT2D eigenvalue weighted by molar-refractivity contribution is 0.0981. The van der Waals surface area contributed by atoms with E-state index in [2.05, 4.69) is 10.4 Å². The van der Waals surface area contributed by atoms with Gasteiger partial charge in [-0.15, -0.1) is 0 Å². The molecule has 22 heavy (non-hydrogen) atoms. The zero-order chi connectivity index (χ0) is 15.5. The van der Waals surface area contributed by atoms with Crippen molar-refractivity contribution in [2.75, 3.05) is 6.61 Å². The van der Waals surface area contributed by atoms with Crippen LogP contribution in [0.25, 0.3) is 0 Å². The molecule has 0 spiro atoms. The van der Waals surface area contributed by atoms with E-state index < -0.39 is 11.6 Å². The van der Waals surface area contributed by atoms with E-state index in [4.69, 9.17) is 4.74 Å². The molecule has 1 N–H and O–H groups in total. The summed E-state index contributed by atoms with van der Waals surface area (Å²) in [4.78, 5) is 0. The van der Waals surface area contributed by atoms with Crippen LogP contribution in [0.5, 0.6) is 0 Å². The summed E-state index contributed by atoms with van der Waals surface area (Å²) in [5, 5.41) is 7.66. The van der Waals surface area contributed by atoms with Crippen LogP contribution in [-0.4, -0.2) is 22.4 Å². The van der Waals surface area contributed by atoms with Crippen LogP contribution in [0.3, 0.4) is 0 Å². The van der Waals surface area contributed by atoms with Gasteiger partial charge in [-0.2, -0.15) is 5.10 Å². The molecule has 1 aromatic carbocycles. The zero-order valence-corrected chi connectivity index (χ0v) is 12.4. The molecule has 1 aliphatic heterocycles. The van der Waals surface area contributed by atoms with Crippen molar-refractivity contribution in [3.05, 3.63) is 53.4 Å². The number of rotatable bonds is 5. The Labute approximate surface area is 128 Å². The quantitative estimate of drug-likeness (QED) is 0.923. The van der Waals surface area contributed by atoms with Crippen LogP contribution in [0.15, 0.2) is 30.6 Å². The van der Waals surface area contributed by atoms with Crippen LogP contribution in [0.2, 0.25) is 0 Å². The van der Waals surface area contributed by atoms with Crippen LogP contribution < -0.4 is 5.32 Å². The Kier molecular flexibility index (Phi) is 4.49. The predicted molar refractivity (Wildman–Crippen MR) is 78.2 cm³/mol. The van der Waals surface area contributed by atoms with E-state index in [0.29, 0.717) is 18.7 Å². The molecular weight excluding hydrogens is 288 g/mol. The molecule has 0 aliphatic carbocycles. The highest BCUT2D eigenvalue weighted by Gasteiger charge is 2.29. The van der Waals surface area contributed by atoms with Gasteiger partial charge in [0, 0.05) is 37.5 Å². The van der Waals surface area contributed by atoms with Crippen molar-refractivity contribution in [2.45, 2.75) is 38.6 Å². The summed E-state index contributed by atoms with van der Waals surface area (Å²) in [6.45, 7) is 4.15.